The quantitative estimate of drug-likeness (QED) is 0.881. The average Bonchev–Trinajstić information content (AvgIpc) is 2.95. The molecule has 0 aliphatic heterocycles. The number of aryl methyl sites for hydroxylation is 1. The molecule has 2 heterocycles. The minimum atomic E-state index is -0.954. The van der Waals surface area contributed by atoms with Gasteiger partial charge in [-0.05, 0) is 36.4 Å². The monoisotopic (exact) mass is 264 g/mol. The lowest BCUT2D eigenvalue weighted by molar-refractivity contribution is -0.147. The molecule has 0 atom stereocenters. The summed E-state index contributed by atoms with van der Waals surface area (Å²) in [4.78, 5) is 11.1. The molecular weight excluding hydrogens is 248 g/mol. The number of carboxylic acids is 1. The SMILES string of the molecule is CCc1ccc(-c2nnnn2CC(C)(C)C(=O)O)o1. The molecule has 0 spiro atoms. The number of rotatable bonds is 5. The largest absolute Gasteiger partial charge is 0.481 e. The molecule has 19 heavy (non-hydrogen) atoms. The van der Waals surface area contributed by atoms with E-state index in [1.165, 1.54) is 4.68 Å². The van der Waals surface area contributed by atoms with E-state index >= 15 is 0 Å². The molecule has 0 aliphatic rings. The maximum absolute atomic E-state index is 11.1. The van der Waals surface area contributed by atoms with E-state index in [9.17, 15) is 4.79 Å². The van der Waals surface area contributed by atoms with Gasteiger partial charge in [-0.25, -0.2) is 4.68 Å². The zero-order valence-electron chi connectivity index (χ0n) is 11.1. The second kappa shape index (κ2) is 4.83. The van der Waals surface area contributed by atoms with Gasteiger partial charge < -0.3 is 9.52 Å². The Morgan fingerprint density at radius 1 is 1.47 bits per heavy atom. The molecule has 0 radical (unpaired) electrons. The number of hydrogen-bond donors (Lipinski definition) is 1. The van der Waals surface area contributed by atoms with Gasteiger partial charge in [0, 0.05) is 6.42 Å². The molecule has 2 aromatic rings. The fourth-order valence-electron chi connectivity index (χ4n) is 1.62. The lowest BCUT2D eigenvalue weighted by Gasteiger charge is -2.18. The first-order valence-corrected chi connectivity index (χ1v) is 6.02. The van der Waals surface area contributed by atoms with Crippen LogP contribution in [0.25, 0.3) is 11.6 Å². The van der Waals surface area contributed by atoms with Gasteiger partial charge in [-0.2, -0.15) is 0 Å². The van der Waals surface area contributed by atoms with Crippen LogP contribution in [-0.4, -0.2) is 31.3 Å². The van der Waals surface area contributed by atoms with Crippen LogP contribution in [-0.2, 0) is 17.8 Å². The number of nitrogens with zero attached hydrogens (tertiary/aromatic N) is 4. The minimum Gasteiger partial charge on any atom is -0.481 e. The van der Waals surface area contributed by atoms with Crippen molar-refractivity contribution in [1.29, 1.82) is 0 Å². The van der Waals surface area contributed by atoms with Gasteiger partial charge in [0.2, 0.25) is 5.82 Å². The van der Waals surface area contributed by atoms with Crippen molar-refractivity contribution in [2.45, 2.75) is 33.7 Å². The number of aromatic nitrogens is 4. The molecule has 0 aliphatic carbocycles. The summed E-state index contributed by atoms with van der Waals surface area (Å²) in [5.74, 6) is 0.918. The fraction of sp³-hybridized carbons (Fsp3) is 0.500. The van der Waals surface area contributed by atoms with E-state index in [-0.39, 0.29) is 6.54 Å². The lowest BCUT2D eigenvalue weighted by atomic mass is 9.94. The summed E-state index contributed by atoms with van der Waals surface area (Å²) >= 11 is 0. The second-order valence-electron chi connectivity index (χ2n) is 4.97. The van der Waals surface area contributed by atoms with Crippen molar-refractivity contribution in [1.82, 2.24) is 20.2 Å². The van der Waals surface area contributed by atoms with E-state index in [2.05, 4.69) is 15.5 Å². The van der Waals surface area contributed by atoms with Crippen molar-refractivity contribution in [2.24, 2.45) is 5.41 Å². The van der Waals surface area contributed by atoms with Crippen molar-refractivity contribution < 1.29 is 14.3 Å². The first-order valence-electron chi connectivity index (χ1n) is 6.02. The topological polar surface area (TPSA) is 94.0 Å². The van der Waals surface area contributed by atoms with E-state index in [0.29, 0.717) is 11.6 Å². The summed E-state index contributed by atoms with van der Waals surface area (Å²) in [6.07, 6.45) is 0.780. The molecule has 0 amide bonds. The molecule has 0 fully saturated rings. The summed E-state index contributed by atoms with van der Waals surface area (Å²) in [7, 11) is 0. The van der Waals surface area contributed by atoms with E-state index < -0.39 is 11.4 Å². The van der Waals surface area contributed by atoms with Crippen LogP contribution >= 0.6 is 0 Å². The number of tetrazole rings is 1. The highest BCUT2D eigenvalue weighted by atomic mass is 16.4. The van der Waals surface area contributed by atoms with Crippen molar-refractivity contribution in [3.63, 3.8) is 0 Å². The molecule has 2 aromatic heterocycles. The average molecular weight is 264 g/mol. The molecule has 0 unspecified atom stereocenters. The number of carbonyl (C=O) groups is 1. The minimum absolute atomic E-state index is 0.173. The summed E-state index contributed by atoms with van der Waals surface area (Å²) in [6.45, 7) is 5.41. The van der Waals surface area contributed by atoms with Crippen LogP contribution in [0.15, 0.2) is 16.5 Å². The van der Waals surface area contributed by atoms with E-state index in [4.69, 9.17) is 9.52 Å². The van der Waals surface area contributed by atoms with Gasteiger partial charge in [0.1, 0.15) is 5.76 Å². The van der Waals surface area contributed by atoms with Gasteiger partial charge in [0.05, 0.1) is 12.0 Å². The normalized spacial score (nSPS) is 11.7. The van der Waals surface area contributed by atoms with E-state index in [1.807, 2.05) is 13.0 Å². The van der Waals surface area contributed by atoms with Crippen LogP contribution in [0, 0.1) is 5.41 Å². The summed E-state index contributed by atoms with van der Waals surface area (Å²) < 4.78 is 7.03. The van der Waals surface area contributed by atoms with Crippen LogP contribution < -0.4 is 0 Å². The van der Waals surface area contributed by atoms with Crippen molar-refractivity contribution in [3.8, 4) is 11.6 Å². The fourth-order valence-corrected chi connectivity index (χ4v) is 1.62. The summed E-state index contributed by atoms with van der Waals surface area (Å²) in [5.41, 5.74) is -0.954. The zero-order valence-corrected chi connectivity index (χ0v) is 11.1. The van der Waals surface area contributed by atoms with Crippen LogP contribution in [0.1, 0.15) is 26.5 Å². The number of carboxylic acid groups (broad SMARTS) is 1. The van der Waals surface area contributed by atoms with E-state index in [1.54, 1.807) is 19.9 Å². The zero-order chi connectivity index (χ0) is 14.0. The Hall–Kier alpha value is -2.18. The molecule has 1 N–H and O–H groups in total. The molecular formula is C12H16N4O3. The van der Waals surface area contributed by atoms with Gasteiger partial charge in [-0.3, -0.25) is 4.79 Å². The van der Waals surface area contributed by atoms with Crippen molar-refractivity contribution >= 4 is 5.97 Å². The van der Waals surface area contributed by atoms with Crippen LogP contribution in [0.4, 0.5) is 0 Å². The highest BCUT2D eigenvalue weighted by molar-refractivity contribution is 5.73. The highest BCUT2D eigenvalue weighted by Gasteiger charge is 2.30. The van der Waals surface area contributed by atoms with Gasteiger partial charge in [-0.1, -0.05) is 6.92 Å². The Bertz CT molecular complexity index is 585. The predicted molar refractivity (Wildman–Crippen MR) is 66.3 cm³/mol. The summed E-state index contributed by atoms with van der Waals surface area (Å²) in [6, 6.07) is 3.64. The molecule has 7 heteroatoms. The Morgan fingerprint density at radius 3 is 2.79 bits per heavy atom. The van der Waals surface area contributed by atoms with Crippen LogP contribution in [0.3, 0.4) is 0 Å². The first-order chi connectivity index (χ1) is 8.94. The third-order valence-corrected chi connectivity index (χ3v) is 2.89. The van der Waals surface area contributed by atoms with Gasteiger partial charge >= 0.3 is 5.97 Å². The summed E-state index contributed by atoms with van der Waals surface area (Å²) in [5, 5.41) is 20.4. The van der Waals surface area contributed by atoms with E-state index in [0.717, 1.165) is 12.2 Å². The first kappa shape index (κ1) is 13.3. The lowest BCUT2D eigenvalue weighted by Crippen LogP contribution is -2.30. The van der Waals surface area contributed by atoms with Crippen LogP contribution in [0.5, 0.6) is 0 Å². The van der Waals surface area contributed by atoms with Gasteiger partial charge in [-0.15, -0.1) is 5.10 Å². The Morgan fingerprint density at radius 2 is 2.21 bits per heavy atom. The Balaban J connectivity index is 2.30. The third-order valence-electron chi connectivity index (χ3n) is 2.89. The molecule has 0 bridgehead atoms. The Labute approximate surface area is 110 Å². The van der Waals surface area contributed by atoms with Crippen LogP contribution in [0.2, 0.25) is 0 Å². The smallest absolute Gasteiger partial charge is 0.310 e. The molecule has 0 saturated heterocycles. The molecule has 2 rings (SSSR count). The van der Waals surface area contributed by atoms with Crippen molar-refractivity contribution in [2.75, 3.05) is 0 Å². The molecule has 0 saturated carbocycles. The number of furan rings is 1. The second-order valence-corrected chi connectivity index (χ2v) is 4.97. The maximum Gasteiger partial charge on any atom is 0.310 e. The predicted octanol–water partition coefficient (Wildman–Crippen LogP) is 1.61. The van der Waals surface area contributed by atoms with Gasteiger partial charge in [0.25, 0.3) is 0 Å². The molecule has 102 valence electrons. The molecule has 7 nitrogen and oxygen atoms in total. The molecule has 0 aromatic carbocycles. The maximum atomic E-state index is 11.1. The van der Waals surface area contributed by atoms with Crippen molar-refractivity contribution in [3.05, 3.63) is 17.9 Å². The van der Waals surface area contributed by atoms with Gasteiger partial charge in [0.15, 0.2) is 5.76 Å². The number of aliphatic carboxylic acids is 1. The highest BCUT2D eigenvalue weighted by Crippen LogP contribution is 2.23. The Kier molecular flexibility index (Phi) is 3.37. The number of hydrogen-bond acceptors (Lipinski definition) is 5. The third kappa shape index (κ3) is 2.64. The standard InChI is InChI=1S/C12H16N4O3/c1-4-8-5-6-9(19-8)10-13-14-15-16(10)7-12(2,3)11(17)18/h5-6H,4,7H2,1-3H3,(H,17,18).